The zero-order chi connectivity index (χ0) is 15.9. The lowest BCUT2D eigenvalue weighted by Gasteiger charge is -2.18. The van der Waals surface area contributed by atoms with Crippen LogP contribution in [0.15, 0.2) is 23.2 Å². The van der Waals surface area contributed by atoms with Crippen molar-refractivity contribution in [3.05, 3.63) is 29.6 Å². The van der Waals surface area contributed by atoms with Crippen LogP contribution in [0.25, 0.3) is 0 Å². The summed E-state index contributed by atoms with van der Waals surface area (Å²) in [4.78, 5) is 4.35. The molecule has 0 radical (unpaired) electrons. The Hall–Kier alpha value is -1.05. The van der Waals surface area contributed by atoms with E-state index in [4.69, 9.17) is 4.74 Å². The van der Waals surface area contributed by atoms with E-state index in [1.54, 1.807) is 6.07 Å². The van der Waals surface area contributed by atoms with Crippen LogP contribution < -0.4 is 15.4 Å². The highest BCUT2D eigenvalue weighted by Gasteiger charge is 2.22. The molecule has 1 fully saturated rings. The SMILES string of the molecule is CCN=C(NCC)NC(C)c1ccc(OCC2CC2)c(F)c1.I. The fourth-order valence-electron chi connectivity index (χ4n) is 2.16. The molecule has 0 heterocycles. The maximum atomic E-state index is 14.1. The number of nitrogens with one attached hydrogen (secondary N) is 2. The number of hydrogen-bond donors (Lipinski definition) is 2. The number of halogens is 2. The average molecular weight is 435 g/mol. The van der Waals surface area contributed by atoms with Gasteiger partial charge in [-0.1, -0.05) is 6.07 Å². The molecule has 130 valence electrons. The molecule has 1 aliphatic carbocycles. The number of aliphatic imine (C=N–C) groups is 1. The summed E-state index contributed by atoms with van der Waals surface area (Å²) in [6.07, 6.45) is 2.40. The van der Waals surface area contributed by atoms with Crippen LogP contribution in [0.5, 0.6) is 5.75 Å². The smallest absolute Gasteiger partial charge is 0.191 e. The molecule has 2 N–H and O–H groups in total. The molecule has 1 aromatic rings. The Morgan fingerprint density at radius 2 is 2.13 bits per heavy atom. The minimum atomic E-state index is -0.302. The zero-order valence-corrected chi connectivity index (χ0v) is 16.4. The lowest BCUT2D eigenvalue weighted by molar-refractivity contribution is 0.285. The lowest BCUT2D eigenvalue weighted by Crippen LogP contribution is -2.38. The quantitative estimate of drug-likeness (QED) is 0.389. The van der Waals surface area contributed by atoms with E-state index >= 15 is 0 Å². The van der Waals surface area contributed by atoms with Gasteiger partial charge in [0.25, 0.3) is 0 Å². The molecule has 2 rings (SSSR count). The van der Waals surface area contributed by atoms with Crippen LogP contribution in [0.3, 0.4) is 0 Å². The highest BCUT2D eigenvalue weighted by Crippen LogP contribution is 2.30. The fraction of sp³-hybridized carbons (Fsp3) is 0.588. The normalized spacial score (nSPS) is 15.6. The molecule has 0 bridgehead atoms. The molecule has 0 spiro atoms. The predicted octanol–water partition coefficient (Wildman–Crippen LogP) is 3.87. The molecule has 1 aliphatic rings. The van der Waals surface area contributed by atoms with Crippen LogP contribution in [-0.4, -0.2) is 25.7 Å². The molecule has 0 aromatic heterocycles. The van der Waals surface area contributed by atoms with Gasteiger partial charge in [-0.3, -0.25) is 4.99 Å². The molecular weight excluding hydrogens is 408 g/mol. The Labute approximate surface area is 155 Å². The van der Waals surface area contributed by atoms with E-state index in [9.17, 15) is 4.39 Å². The molecule has 0 saturated heterocycles. The molecule has 1 atom stereocenters. The summed E-state index contributed by atoms with van der Waals surface area (Å²) >= 11 is 0. The monoisotopic (exact) mass is 435 g/mol. The van der Waals surface area contributed by atoms with Crippen molar-refractivity contribution in [2.24, 2.45) is 10.9 Å². The Morgan fingerprint density at radius 3 is 2.70 bits per heavy atom. The first kappa shape index (κ1) is 20.0. The summed E-state index contributed by atoms with van der Waals surface area (Å²) in [7, 11) is 0. The van der Waals surface area contributed by atoms with E-state index in [1.165, 1.54) is 18.9 Å². The minimum absolute atomic E-state index is 0. The molecule has 1 unspecified atom stereocenters. The fourth-order valence-corrected chi connectivity index (χ4v) is 2.16. The number of guanidine groups is 1. The van der Waals surface area contributed by atoms with Crippen LogP contribution in [0.1, 0.15) is 45.2 Å². The average Bonchev–Trinajstić information content (AvgIpc) is 3.30. The van der Waals surface area contributed by atoms with Gasteiger partial charge < -0.3 is 15.4 Å². The first-order chi connectivity index (χ1) is 10.6. The third-order valence-electron chi connectivity index (χ3n) is 3.64. The molecule has 23 heavy (non-hydrogen) atoms. The Bertz CT molecular complexity index is 521. The predicted molar refractivity (Wildman–Crippen MR) is 103 cm³/mol. The number of benzene rings is 1. The Morgan fingerprint density at radius 1 is 1.39 bits per heavy atom. The summed E-state index contributed by atoms with van der Waals surface area (Å²) in [5, 5.41) is 6.44. The van der Waals surface area contributed by atoms with Gasteiger partial charge >= 0.3 is 0 Å². The Balaban J connectivity index is 0.00000264. The van der Waals surface area contributed by atoms with E-state index in [0.29, 0.717) is 24.8 Å². The lowest BCUT2D eigenvalue weighted by atomic mass is 10.1. The van der Waals surface area contributed by atoms with Gasteiger partial charge in [0.05, 0.1) is 12.6 Å². The van der Waals surface area contributed by atoms with Gasteiger partial charge in [-0.05, 0) is 57.2 Å². The first-order valence-corrected chi connectivity index (χ1v) is 8.11. The van der Waals surface area contributed by atoms with Crippen molar-refractivity contribution in [3.8, 4) is 5.75 Å². The van der Waals surface area contributed by atoms with Crippen LogP contribution in [0, 0.1) is 11.7 Å². The van der Waals surface area contributed by atoms with Crippen molar-refractivity contribution < 1.29 is 9.13 Å². The second-order valence-electron chi connectivity index (χ2n) is 5.66. The highest BCUT2D eigenvalue weighted by atomic mass is 127. The van der Waals surface area contributed by atoms with E-state index in [1.807, 2.05) is 26.8 Å². The van der Waals surface area contributed by atoms with E-state index in [2.05, 4.69) is 15.6 Å². The third-order valence-corrected chi connectivity index (χ3v) is 3.64. The van der Waals surface area contributed by atoms with Crippen LogP contribution in [0.4, 0.5) is 4.39 Å². The van der Waals surface area contributed by atoms with Crippen molar-refractivity contribution in [3.63, 3.8) is 0 Å². The summed E-state index contributed by atoms with van der Waals surface area (Å²) in [5.41, 5.74) is 0.873. The number of hydrogen-bond acceptors (Lipinski definition) is 2. The zero-order valence-electron chi connectivity index (χ0n) is 14.1. The molecule has 1 saturated carbocycles. The largest absolute Gasteiger partial charge is 0.490 e. The molecule has 0 amide bonds. The van der Waals surface area contributed by atoms with Gasteiger partial charge in [0, 0.05) is 13.1 Å². The van der Waals surface area contributed by atoms with E-state index in [0.717, 1.165) is 18.1 Å². The van der Waals surface area contributed by atoms with Crippen LogP contribution in [-0.2, 0) is 0 Å². The second-order valence-corrected chi connectivity index (χ2v) is 5.66. The topological polar surface area (TPSA) is 45.7 Å². The van der Waals surface area contributed by atoms with Gasteiger partial charge in [0.2, 0.25) is 0 Å². The third kappa shape index (κ3) is 6.53. The van der Waals surface area contributed by atoms with Crippen LogP contribution >= 0.6 is 24.0 Å². The second kappa shape index (κ2) is 9.95. The van der Waals surface area contributed by atoms with Gasteiger partial charge in [0.1, 0.15) is 0 Å². The first-order valence-electron chi connectivity index (χ1n) is 8.11. The molecule has 6 heteroatoms. The highest BCUT2D eigenvalue weighted by molar-refractivity contribution is 14.0. The maximum Gasteiger partial charge on any atom is 0.191 e. The van der Waals surface area contributed by atoms with Crippen molar-refractivity contribution in [1.29, 1.82) is 0 Å². The van der Waals surface area contributed by atoms with Gasteiger partial charge in [-0.15, -0.1) is 24.0 Å². The Kier molecular flexibility index (Phi) is 8.65. The summed E-state index contributed by atoms with van der Waals surface area (Å²) in [6, 6.07) is 5.12. The summed E-state index contributed by atoms with van der Waals surface area (Å²) < 4.78 is 19.6. The number of rotatable bonds is 7. The molecule has 1 aromatic carbocycles. The van der Waals surface area contributed by atoms with Gasteiger partial charge in [-0.25, -0.2) is 4.39 Å². The minimum Gasteiger partial charge on any atom is -0.490 e. The number of ether oxygens (including phenoxy) is 1. The maximum absolute atomic E-state index is 14.1. The van der Waals surface area contributed by atoms with Crippen molar-refractivity contribution in [2.45, 2.75) is 39.7 Å². The summed E-state index contributed by atoms with van der Waals surface area (Å²) in [6.45, 7) is 8.10. The van der Waals surface area contributed by atoms with Crippen molar-refractivity contribution in [2.75, 3.05) is 19.7 Å². The number of nitrogens with zero attached hydrogens (tertiary/aromatic N) is 1. The van der Waals surface area contributed by atoms with Gasteiger partial charge in [0.15, 0.2) is 17.5 Å². The molecule has 4 nitrogen and oxygen atoms in total. The van der Waals surface area contributed by atoms with E-state index < -0.39 is 0 Å². The van der Waals surface area contributed by atoms with Gasteiger partial charge in [-0.2, -0.15) is 0 Å². The molecule has 0 aliphatic heterocycles. The summed E-state index contributed by atoms with van der Waals surface area (Å²) in [5.74, 6) is 1.40. The van der Waals surface area contributed by atoms with Crippen molar-refractivity contribution in [1.82, 2.24) is 10.6 Å². The standard InChI is InChI=1S/C17H26FN3O.HI/c1-4-19-17(20-5-2)21-12(3)14-8-9-16(15(18)10-14)22-11-13-6-7-13;/h8-10,12-13H,4-7,11H2,1-3H3,(H2,19,20,21);1H. The van der Waals surface area contributed by atoms with Crippen molar-refractivity contribution >= 4 is 29.9 Å². The van der Waals surface area contributed by atoms with Crippen LogP contribution in [0.2, 0.25) is 0 Å². The van der Waals surface area contributed by atoms with E-state index in [-0.39, 0.29) is 35.8 Å². The molecular formula is C17H27FIN3O.